The molecule has 1 aliphatic carbocycles. The van der Waals surface area contributed by atoms with E-state index in [1.807, 2.05) is 0 Å². The molecule has 0 bridgehead atoms. The molecule has 1 aromatic carbocycles. The molecule has 1 fully saturated rings. The molecule has 0 unspecified atom stereocenters. The standard InChI is InChI=1S/C13H13F3O4S/c1-2-20-11(17)12(8-10(12)13(14,15)16)21(18,19)9-6-4-3-5-7-9/h3-7,10H,2,8H2,1H3/t10-,12-/m1/s1. The van der Waals surface area contributed by atoms with Gasteiger partial charge in [-0.05, 0) is 25.5 Å². The van der Waals surface area contributed by atoms with Crippen LogP contribution in [0.2, 0.25) is 0 Å². The van der Waals surface area contributed by atoms with Crippen LogP contribution in [0.4, 0.5) is 13.2 Å². The third-order valence-corrected chi connectivity index (χ3v) is 5.93. The molecule has 0 spiro atoms. The Hall–Kier alpha value is -1.57. The van der Waals surface area contributed by atoms with E-state index in [9.17, 15) is 26.4 Å². The lowest BCUT2D eigenvalue weighted by Gasteiger charge is -2.18. The Morgan fingerprint density at radius 1 is 1.33 bits per heavy atom. The molecule has 116 valence electrons. The van der Waals surface area contributed by atoms with Crippen molar-refractivity contribution in [3.63, 3.8) is 0 Å². The van der Waals surface area contributed by atoms with Crippen LogP contribution < -0.4 is 0 Å². The van der Waals surface area contributed by atoms with Crippen LogP contribution in [0.3, 0.4) is 0 Å². The summed E-state index contributed by atoms with van der Waals surface area (Å²) >= 11 is 0. The minimum atomic E-state index is -4.77. The Bertz CT molecular complexity index is 639. The highest BCUT2D eigenvalue weighted by Gasteiger charge is 2.78. The molecule has 0 N–H and O–H groups in total. The highest BCUT2D eigenvalue weighted by Crippen LogP contribution is 2.60. The van der Waals surface area contributed by atoms with Gasteiger partial charge in [0.2, 0.25) is 0 Å². The first-order valence-corrected chi connectivity index (χ1v) is 7.70. The maximum atomic E-state index is 12.9. The molecule has 0 aliphatic heterocycles. The monoisotopic (exact) mass is 322 g/mol. The van der Waals surface area contributed by atoms with Crippen molar-refractivity contribution in [2.45, 2.75) is 29.2 Å². The van der Waals surface area contributed by atoms with Crippen molar-refractivity contribution in [2.75, 3.05) is 6.61 Å². The summed E-state index contributed by atoms with van der Waals surface area (Å²) < 4.78 is 65.7. The zero-order valence-corrected chi connectivity index (χ0v) is 11.9. The third kappa shape index (κ3) is 2.41. The number of rotatable bonds is 4. The van der Waals surface area contributed by atoms with E-state index in [2.05, 4.69) is 4.74 Å². The average molecular weight is 322 g/mol. The summed E-state index contributed by atoms with van der Waals surface area (Å²) in [5.41, 5.74) is 0. The van der Waals surface area contributed by atoms with Crippen molar-refractivity contribution in [3.05, 3.63) is 30.3 Å². The van der Waals surface area contributed by atoms with Gasteiger partial charge >= 0.3 is 12.1 Å². The van der Waals surface area contributed by atoms with Crippen LogP contribution in [0.15, 0.2) is 35.2 Å². The average Bonchev–Trinajstić information content (AvgIpc) is 3.17. The molecule has 0 radical (unpaired) electrons. The number of sulfone groups is 1. The van der Waals surface area contributed by atoms with Crippen molar-refractivity contribution >= 4 is 15.8 Å². The Balaban J connectivity index is 2.51. The van der Waals surface area contributed by atoms with E-state index < -0.39 is 39.1 Å². The molecule has 2 rings (SSSR count). The molecule has 0 heterocycles. The molecule has 0 saturated heterocycles. The maximum Gasteiger partial charge on any atom is 0.394 e. The lowest BCUT2D eigenvalue weighted by atomic mass is 10.3. The number of halogens is 3. The van der Waals surface area contributed by atoms with Crippen molar-refractivity contribution < 1.29 is 31.1 Å². The highest BCUT2D eigenvalue weighted by atomic mass is 32.2. The molecule has 4 nitrogen and oxygen atoms in total. The Kier molecular flexibility index (Phi) is 3.77. The Morgan fingerprint density at radius 3 is 2.33 bits per heavy atom. The van der Waals surface area contributed by atoms with Gasteiger partial charge in [0.15, 0.2) is 14.6 Å². The lowest BCUT2D eigenvalue weighted by molar-refractivity contribution is -0.160. The number of hydrogen-bond donors (Lipinski definition) is 0. The van der Waals surface area contributed by atoms with E-state index in [1.54, 1.807) is 0 Å². The highest BCUT2D eigenvalue weighted by molar-refractivity contribution is 7.94. The molecule has 2 atom stereocenters. The third-order valence-electron chi connectivity index (χ3n) is 3.46. The van der Waals surface area contributed by atoms with Gasteiger partial charge in [0.1, 0.15) is 0 Å². The summed E-state index contributed by atoms with van der Waals surface area (Å²) in [6, 6.07) is 6.64. The molecule has 21 heavy (non-hydrogen) atoms. The topological polar surface area (TPSA) is 60.4 Å². The molecule has 1 saturated carbocycles. The van der Waals surface area contributed by atoms with Crippen LogP contribution in [-0.4, -0.2) is 31.9 Å². The Morgan fingerprint density at radius 2 is 1.90 bits per heavy atom. The molecule has 0 aromatic heterocycles. The fourth-order valence-electron chi connectivity index (χ4n) is 2.32. The first kappa shape index (κ1) is 15.8. The molecule has 1 aliphatic rings. The summed E-state index contributed by atoms with van der Waals surface area (Å²) in [4.78, 5) is 11.6. The normalized spacial score (nSPS) is 25.4. The number of benzene rings is 1. The summed E-state index contributed by atoms with van der Waals surface area (Å²) in [6.07, 6.45) is -5.57. The number of carbonyl (C=O) groups is 1. The van der Waals surface area contributed by atoms with E-state index in [1.165, 1.54) is 37.3 Å². The summed E-state index contributed by atoms with van der Waals surface area (Å²) in [5.74, 6) is -3.56. The van der Waals surface area contributed by atoms with Crippen molar-refractivity contribution in [1.29, 1.82) is 0 Å². The van der Waals surface area contributed by atoms with Gasteiger partial charge in [-0.2, -0.15) is 13.2 Å². The van der Waals surface area contributed by atoms with Gasteiger partial charge in [-0.3, -0.25) is 4.79 Å². The lowest BCUT2D eigenvalue weighted by Crippen LogP contribution is -2.39. The molecule has 0 amide bonds. The van der Waals surface area contributed by atoms with Crippen LogP contribution in [-0.2, 0) is 19.4 Å². The minimum Gasteiger partial charge on any atom is -0.465 e. The van der Waals surface area contributed by atoms with Gasteiger partial charge in [-0.15, -0.1) is 0 Å². The number of ether oxygens (including phenoxy) is 1. The van der Waals surface area contributed by atoms with Crippen LogP contribution in [0, 0.1) is 5.92 Å². The van der Waals surface area contributed by atoms with E-state index in [4.69, 9.17) is 0 Å². The Labute approximate surface area is 119 Å². The van der Waals surface area contributed by atoms with Crippen LogP contribution in [0.1, 0.15) is 13.3 Å². The molecular formula is C13H13F3O4S. The SMILES string of the molecule is CCOC(=O)[C@@]1(S(=O)(=O)c2ccccc2)C[C@H]1C(F)(F)F. The van der Waals surface area contributed by atoms with E-state index in [0.29, 0.717) is 0 Å². The summed E-state index contributed by atoms with van der Waals surface area (Å²) in [5, 5.41) is 0. The van der Waals surface area contributed by atoms with E-state index >= 15 is 0 Å². The van der Waals surface area contributed by atoms with Gasteiger partial charge in [-0.1, -0.05) is 18.2 Å². The predicted molar refractivity (Wildman–Crippen MR) is 67.2 cm³/mol. The second kappa shape index (κ2) is 5.01. The fraction of sp³-hybridized carbons (Fsp3) is 0.462. The second-order valence-corrected chi connectivity index (χ2v) is 6.93. The minimum absolute atomic E-state index is 0.185. The second-order valence-electron chi connectivity index (χ2n) is 4.72. The summed E-state index contributed by atoms with van der Waals surface area (Å²) in [6.45, 7) is 1.22. The fourth-order valence-corrected chi connectivity index (χ4v) is 4.43. The maximum absolute atomic E-state index is 12.9. The van der Waals surface area contributed by atoms with Crippen molar-refractivity contribution in [1.82, 2.24) is 0 Å². The van der Waals surface area contributed by atoms with E-state index in [0.717, 1.165) is 0 Å². The van der Waals surface area contributed by atoms with Crippen LogP contribution in [0.5, 0.6) is 0 Å². The van der Waals surface area contributed by atoms with Gasteiger partial charge in [0.25, 0.3) is 0 Å². The number of hydrogen-bond acceptors (Lipinski definition) is 4. The predicted octanol–water partition coefficient (Wildman–Crippen LogP) is 2.34. The molecular weight excluding hydrogens is 309 g/mol. The first-order chi connectivity index (χ1) is 9.68. The number of esters is 1. The van der Waals surface area contributed by atoms with Gasteiger partial charge in [0, 0.05) is 0 Å². The number of alkyl halides is 3. The van der Waals surface area contributed by atoms with Gasteiger partial charge in [0.05, 0.1) is 17.4 Å². The molecule has 8 heteroatoms. The smallest absolute Gasteiger partial charge is 0.394 e. The molecule has 1 aromatic rings. The van der Waals surface area contributed by atoms with Crippen LogP contribution in [0.25, 0.3) is 0 Å². The van der Waals surface area contributed by atoms with Gasteiger partial charge in [-0.25, -0.2) is 8.42 Å². The van der Waals surface area contributed by atoms with Crippen LogP contribution >= 0.6 is 0 Å². The largest absolute Gasteiger partial charge is 0.465 e. The van der Waals surface area contributed by atoms with Crippen molar-refractivity contribution in [3.8, 4) is 0 Å². The quantitative estimate of drug-likeness (QED) is 0.798. The van der Waals surface area contributed by atoms with E-state index in [-0.39, 0.29) is 11.5 Å². The van der Waals surface area contributed by atoms with Gasteiger partial charge < -0.3 is 4.74 Å². The zero-order valence-electron chi connectivity index (χ0n) is 11.1. The first-order valence-electron chi connectivity index (χ1n) is 6.21. The van der Waals surface area contributed by atoms with Crippen molar-refractivity contribution in [2.24, 2.45) is 5.92 Å². The number of carbonyl (C=O) groups excluding carboxylic acids is 1. The zero-order chi connectivity index (χ0) is 15.9. The summed E-state index contributed by atoms with van der Waals surface area (Å²) in [7, 11) is -4.48.